The number of carbonyl (C=O) groups excluding carboxylic acids is 1. The third-order valence-electron chi connectivity index (χ3n) is 1.55. The molecule has 0 saturated heterocycles. The number of hydrogen-bond donors (Lipinski definition) is 0. The van der Waals surface area contributed by atoms with E-state index in [1.54, 1.807) is 13.0 Å². The van der Waals surface area contributed by atoms with Crippen LogP contribution in [-0.2, 0) is 9.53 Å². The summed E-state index contributed by atoms with van der Waals surface area (Å²) >= 11 is 1.49. The van der Waals surface area contributed by atoms with E-state index in [2.05, 4.69) is 16.6 Å². The van der Waals surface area contributed by atoms with E-state index in [0.29, 0.717) is 5.57 Å². The lowest BCUT2D eigenvalue weighted by Gasteiger charge is -1.99. The van der Waals surface area contributed by atoms with Crippen molar-refractivity contribution in [1.29, 1.82) is 0 Å². The summed E-state index contributed by atoms with van der Waals surface area (Å²) in [4.78, 5) is 12.2. The molecule has 1 aromatic heterocycles. The molecule has 2 nitrogen and oxygen atoms in total. The Morgan fingerprint density at radius 3 is 2.93 bits per heavy atom. The van der Waals surface area contributed by atoms with Crippen LogP contribution in [0.25, 0.3) is 5.57 Å². The minimum Gasteiger partial charge on any atom is -0.465 e. The number of ether oxygens (including phenoxy) is 1. The topological polar surface area (TPSA) is 26.3 Å². The molecule has 0 saturated carbocycles. The summed E-state index contributed by atoms with van der Waals surface area (Å²) in [6.07, 6.45) is 1.58. The van der Waals surface area contributed by atoms with Crippen molar-refractivity contribution >= 4 is 22.9 Å². The fourth-order valence-electron chi connectivity index (χ4n) is 0.917. The van der Waals surface area contributed by atoms with Crippen LogP contribution in [-0.4, -0.2) is 13.1 Å². The highest BCUT2D eigenvalue weighted by Crippen LogP contribution is 2.20. The third-order valence-corrected chi connectivity index (χ3v) is 2.46. The number of carbonyl (C=O) groups is 1. The van der Waals surface area contributed by atoms with Gasteiger partial charge in [-0.15, -0.1) is 17.3 Å². The van der Waals surface area contributed by atoms with Gasteiger partial charge in [0.05, 0.1) is 12.7 Å². The zero-order chi connectivity index (χ0) is 10.4. The molecule has 0 fully saturated rings. The molecule has 1 aromatic rings. The van der Waals surface area contributed by atoms with E-state index >= 15 is 0 Å². The lowest BCUT2D eigenvalue weighted by atomic mass is 10.2. The summed E-state index contributed by atoms with van der Waals surface area (Å²) in [5.74, 6) is 5.10. The molecule has 0 atom stereocenters. The average Bonchev–Trinajstić information content (AvgIpc) is 2.71. The Morgan fingerprint density at radius 2 is 2.43 bits per heavy atom. The molecule has 0 bridgehead atoms. The van der Waals surface area contributed by atoms with Crippen molar-refractivity contribution in [2.75, 3.05) is 7.11 Å². The second kappa shape index (κ2) is 5.25. The van der Waals surface area contributed by atoms with E-state index in [1.807, 2.05) is 17.5 Å². The predicted molar refractivity (Wildman–Crippen MR) is 57.8 cm³/mol. The van der Waals surface area contributed by atoms with E-state index in [9.17, 15) is 4.79 Å². The third kappa shape index (κ3) is 2.48. The van der Waals surface area contributed by atoms with Crippen LogP contribution in [0.2, 0.25) is 0 Å². The smallest absolute Gasteiger partial charge is 0.339 e. The molecule has 14 heavy (non-hydrogen) atoms. The molecular weight excluding hydrogens is 196 g/mol. The summed E-state index contributed by atoms with van der Waals surface area (Å²) in [6.45, 7) is 1.72. The van der Waals surface area contributed by atoms with Gasteiger partial charge in [0.2, 0.25) is 0 Å². The summed E-state index contributed by atoms with van der Waals surface area (Å²) in [5.41, 5.74) is 0.511. The average molecular weight is 206 g/mol. The molecule has 0 radical (unpaired) electrons. The monoisotopic (exact) mass is 206 g/mol. The molecule has 0 unspecified atom stereocenters. The van der Waals surface area contributed by atoms with Gasteiger partial charge in [-0.1, -0.05) is 12.0 Å². The quantitative estimate of drug-likeness (QED) is 0.422. The molecule has 1 rings (SSSR count). The van der Waals surface area contributed by atoms with Crippen LogP contribution in [0.5, 0.6) is 0 Å². The minimum absolute atomic E-state index is 0.352. The van der Waals surface area contributed by atoms with Gasteiger partial charge in [-0.3, -0.25) is 0 Å². The van der Waals surface area contributed by atoms with E-state index in [-0.39, 0.29) is 5.97 Å². The Hall–Kier alpha value is -1.53. The fraction of sp³-hybridized carbons (Fsp3) is 0.182. The van der Waals surface area contributed by atoms with Gasteiger partial charge in [0.1, 0.15) is 0 Å². The van der Waals surface area contributed by atoms with Gasteiger partial charge >= 0.3 is 5.97 Å². The first-order chi connectivity index (χ1) is 6.79. The van der Waals surface area contributed by atoms with Gasteiger partial charge in [-0.2, -0.15) is 0 Å². The van der Waals surface area contributed by atoms with Crippen molar-refractivity contribution in [2.24, 2.45) is 0 Å². The van der Waals surface area contributed by atoms with Crippen molar-refractivity contribution in [3.63, 3.8) is 0 Å². The Balaban J connectivity index is 3.04. The van der Waals surface area contributed by atoms with Crippen LogP contribution in [0, 0.1) is 11.8 Å². The highest BCUT2D eigenvalue weighted by molar-refractivity contribution is 7.11. The van der Waals surface area contributed by atoms with Crippen LogP contribution in [0.4, 0.5) is 0 Å². The van der Waals surface area contributed by atoms with Crippen molar-refractivity contribution in [1.82, 2.24) is 0 Å². The van der Waals surface area contributed by atoms with E-state index in [0.717, 1.165) is 4.88 Å². The van der Waals surface area contributed by atoms with Gasteiger partial charge in [0.15, 0.2) is 0 Å². The first kappa shape index (κ1) is 10.6. The number of esters is 1. The molecule has 1 heterocycles. The summed E-state index contributed by atoms with van der Waals surface area (Å²) < 4.78 is 4.66. The maximum absolute atomic E-state index is 11.4. The Morgan fingerprint density at radius 1 is 1.64 bits per heavy atom. The molecular formula is C11H10O2S. The van der Waals surface area contributed by atoms with Crippen molar-refractivity contribution < 1.29 is 9.53 Å². The first-order valence-corrected chi connectivity index (χ1v) is 4.92. The highest BCUT2D eigenvalue weighted by Gasteiger charge is 2.11. The summed E-state index contributed by atoms with van der Waals surface area (Å²) in [7, 11) is 1.36. The molecule has 0 aliphatic carbocycles. The van der Waals surface area contributed by atoms with Crippen LogP contribution in [0.3, 0.4) is 0 Å². The predicted octanol–water partition coefficient (Wildman–Crippen LogP) is 2.33. The molecule has 0 spiro atoms. The van der Waals surface area contributed by atoms with Gasteiger partial charge < -0.3 is 4.74 Å². The van der Waals surface area contributed by atoms with Gasteiger partial charge in [0.25, 0.3) is 0 Å². The van der Waals surface area contributed by atoms with Crippen molar-refractivity contribution in [3.8, 4) is 11.8 Å². The van der Waals surface area contributed by atoms with Crippen molar-refractivity contribution in [2.45, 2.75) is 6.92 Å². The summed E-state index contributed by atoms with van der Waals surface area (Å²) in [5, 5.41) is 1.91. The van der Waals surface area contributed by atoms with Gasteiger partial charge in [-0.25, -0.2) is 4.79 Å². The maximum atomic E-state index is 11.4. The number of hydrogen-bond acceptors (Lipinski definition) is 3. The molecule has 0 N–H and O–H groups in total. The van der Waals surface area contributed by atoms with Crippen LogP contribution < -0.4 is 0 Å². The number of thiophene rings is 1. The zero-order valence-electron chi connectivity index (χ0n) is 8.03. The minimum atomic E-state index is -0.352. The number of methoxy groups -OCH3 is 1. The molecule has 0 amide bonds. The van der Waals surface area contributed by atoms with E-state index in [4.69, 9.17) is 0 Å². The maximum Gasteiger partial charge on any atom is 0.339 e. The largest absolute Gasteiger partial charge is 0.465 e. The second-order valence-electron chi connectivity index (χ2n) is 2.42. The number of rotatable bonds is 2. The standard InChI is InChI=1S/C11H10O2S/c1-3-4-6-9(11(12)13-2)10-7-5-8-14-10/h5-8H,1-2H3. The Labute approximate surface area is 87.2 Å². The van der Waals surface area contributed by atoms with Crippen LogP contribution in [0.1, 0.15) is 11.8 Å². The Kier molecular flexibility index (Phi) is 3.96. The van der Waals surface area contributed by atoms with Crippen LogP contribution >= 0.6 is 11.3 Å². The van der Waals surface area contributed by atoms with E-state index < -0.39 is 0 Å². The SMILES string of the molecule is CC#CC=C(C(=O)OC)c1cccs1. The number of allylic oxidation sites excluding steroid dienone is 1. The molecule has 0 aliphatic heterocycles. The van der Waals surface area contributed by atoms with E-state index in [1.165, 1.54) is 18.4 Å². The lowest BCUT2D eigenvalue weighted by molar-refractivity contribution is -0.133. The van der Waals surface area contributed by atoms with Gasteiger partial charge in [0, 0.05) is 11.0 Å². The first-order valence-electron chi connectivity index (χ1n) is 4.04. The molecule has 3 heteroatoms. The molecule has 0 aliphatic rings. The lowest BCUT2D eigenvalue weighted by Crippen LogP contribution is -2.02. The fourth-order valence-corrected chi connectivity index (χ4v) is 1.65. The van der Waals surface area contributed by atoms with Crippen LogP contribution in [0.15, 0.2) is 23.6 Å². The van der Waals surface area contributed by atoms with Gasteiger partial charge in [-0.05, 0) is 18.4 Å². The molecule has 72 valence electrons. The van der Waals surface area contributed by atoms with Crippen molar-refractivity contribution in [3.05, 3.63) is 28.5 Å². The highest BCUT2D eigenvalue weighted by atomic mass is 32.1. The summed E-state index contributed by atoms with van der Waals surface area (Å²) in [6, 6.07) is 3.75. The normalized spacial score (nSPS) is 10.3. The Bertz CT molecular complexity index is 391. The second-order valence-corrected chi connectivity index (χ2v) is 3.37. The zero-order valence-corrected chi connectivity index (χ0v) is 8.85. The molecule has 0 aromatic carbocycles.